The number of aromatic nitrogens is 1. The molecule has 1 aromatic heterocycles. The van der Waals surface area contributed by atoms with Crippen molar-refractivity contribution in [2.45, 2.75) is 17.1 Å². The fourth-order valence-electron chi connectivity index (χ4n) is 3.73. The van der Waals surface area contributed by atoms with E-state index >= 15 is 0 Å². The number of pyridine rings is 1. The van der Waals surface area contributed by atoms with Crippen molar-refractivity contribution < 1.29 is 12.8 Å². The molecule has 0 spiro atoms. The summed E-state index contributed by atoms with van der Waals surface area (Å²) in [6.45, 7) is 5.42. The first-order chi connectivity index (χ1) is 13.9. The first kappa shape index (κ1) is 19.8. The van der Waals surface area contributed by atoms with Crippen molar-refractivity contribution in [1.82, 2.24) is 9.88 Å². The van der Waals surface area contributed by atoms with Crippen LogP contribution in [0.1, 0.15) is 17.7 Å². The van der Waals surface area contributed by atoms with Crippen LogP contribution in [0.15, 0.2) is 59.6 Å². The molecule has 0 N–H and O–H groups in total. The lowest BCUT2D eigenvalue weighted by molar-refractivity contribution is 0.313. The first-order valence-corrected chi connectivity index (χ1v) is 11.2. The maximum Gasteiger partial charge on any atom is 0.188 e. The average molecular weight is 413 g/mol. The highest BCUT2D eigenvalue weighted by molar-refractivity contribution is 7.91. The standard InChI is InChI=1S/C22H24FN3O2S/c1-16(29(27,28)21-9-4-3-7-19(21)23)18-14-17-6-5-8-20(22(17)24-15-18)26-12-10-25(2)11-13-26/h3-9,14-16H,10-13H2,1-2H3/i23-1. The zero-order chi connectivity index (χ0) is 20.6. The summed E-state index contributed by atoms with van der Waals surface area (Å²) in [7, 11) is -1.75. The number of benzene rings is 2. The smallest absolute Gasteiger partial charge is 0.188 e. The highest BCUT2D eigenvalue weighted by Crippen LogP contribution is 2.33. The number of nitrogens with zero attached hydrogens (tertiary/aromatic N) is 3. The minimum absolute atomic E-state index is 0.279. The lowest BCUT2D eigenvalue weighted by Gasteiger charge is -2.34. The second-order valence-electron chi connectivity index (χ2n) is 7.53. The molecule has 1 atom stereocenters. The third-order valence-electron chi connectivity index (χ3n) is 5.63. The zero-order valence-corrected chi connectivity index (χ0v) is 17.4. The molecule has 0 amide bonds. The topological polar surface area (TPSA) is 53.5 Å². The molecule has 3 aromatic rings. The number of hydrogen-bond donors (Lipinski definition) is 0. The Morgan fingerprint density at radius 2 is 1.76 bits per heavy atom. The Balaban J connectivity index is 1.70. The number of anilines is 1. The predicted octanol–water partition coefficient (Wildman–Crippen LogP) is 3.66. The van der Waals surface area contributed by atoms with Crippen LogP contribution in [0.25, 0.3) is 10.9 Å². The van der Waals surface area contributed by atoms with Crippen molar-refractivity contribution in [3.05, 3.63) is 66.1 Å². The third kappa shape index (κ3) is 3.72. The molecule has 7 heteroatoms. The van der Waals surface area contributed by atoms with Gasteiger partial charge in [-0.05, 0) is 43.8 Å². The van der Waals surface area contributed by atoms with E-state index in [9.17, 15) is 12.8 Å². The summed E-state index contributed by atoms with van der Waals surface area (Å²) in [5, 5.41) is -0.0156. The van der Waals surface area contributed by atoms with Crippen LogP contribution in [0, 0.1) is 5.82 Å². The normalized spacial score (nSPS) is 16.9. The number of rotatable bonds is 4. The van der Waals surface area contributed by atoms with Crippen LogP contribution >= 0.6 is 0 Å². The number of hydrogen-bond acceptors (Lipinski definition) is 5. The van der Waals surface area contributed by atoms with Gasteiger partial charge in [-0.15, -0.1) is 0 Å². The largest absolute Gasteiger partial charge is 0.367 e. The molecule has 2 aromatic carbocycles. The summed E-state index contributed by atoms with van der Waals surface area (Å²) < 4.78 is 40.0. The van der Waals surface area contributed by atoms with E-state index < -0.39 is 20.9 Å². The summed E-state index contributed by atoms with van der Waals surface area (Å²) in [5.41, 5.74) is 2.47. The molecule has 0 bridgehead atoms. The van der Waals surface area contributed by atoms with Gasteiger partial charge in [0.2, 0.25) is 0 Å². The Kier molecular flexibility index (Phi) is 5.27. The number of halogens is 1. The zero-order valence-electron chi connectivity index (χ0n) is 16.5. The second kappa shape index (κ2) is 7.72. The predicted molar refractivity (Wildman–Crippen MR) is 113 cm³/mol. The van der Waals surface area contributed by atoms with E-state index in [1.807, 2.05) is 18.2 Å². The van der Waals surface area contributed by atoms with Crippen molar-refractivity contribution in [2.75, 3.05) is 38.1 Å². The molecular weight excluding hydrogens is 388 g/mol. The van der Waals surface area contributed by atoms with Gasteiger partial charge in [-0.3, -0.25) is 4.98 Å². The summed E-state index contributed by atoms with van der Waals surface area (Å²) in [5.74, 6) is -0.731. The minimum Gasteiger partial charge on any atom is -0.367 e. The summed E-state index contributed by atoms with van der Waals surface area (Å²) in [6.07, 6.45) is 1.60. The molecule has 152 valence electrons. The van der Waals surface area contributed by atoms with E-state index in [-0.39, 0.29) is 4.90 Å². The van der Waals surface area contributed by atoms with Gasteiger partial charge in [-0.1, -0.05) is 24.3 Å². The average Bonchev–Trinajstić information content (AvgIpc) is 2.73. The van der Waals surface area contributed by atoms with Gasteiger partial charge in [-0.2, -0.15) is 0 Å². The van der Waals surface area contributed by atoms with Crippen LogP contribution in [0.2, 0.25) is 0 Å². The van der Waals surface area contributed by atoms with Gasteiger partial charge >= 0.3 is 0 Å². The molecule has 0 radical (unpaired) electrons. The van der Waals surface area contributed by atoms with Crippen LogP contribution in [-0.2, 0) is 9.84 Å². The molecule has 1 aliphatic rings. The number of fused-ring (bicyclic) bond motifs is 1. The fourth-order valence-corrected chi connectivity index (χ4v) is 5.21. The Hall–Kier alpha value is -2.51. The SMILES string of the molecule is CC(c1cnc2c(N3CCN(C)CC3)cccc2c1)S(=O)(=O)c1ccccc1[18F]. The van der Waals surface area contributed by atoms with Crippen molar-refractivity contribution in [2.24, 2.45) is 0 Å². The van der Waals surface area contributed by atoms with E-state index in [2.05, 4.69) is 27.9 Å². The highest BCUT2D eigenvalue weighted by atomic mass is 32.2. The molecule has 4 rings (SSSR count). The second-order valence-corrected chi connectivity index (χ2v) is 9.76. The molecule has 1 saturated heterocycles. The third-order valence-corrected chi connectivity index (χ3v) is 7.78. The van der Waals surface area contributed by atoms with Gasteiger partial charge in [0.1, 0.15) is 10.7 Å². The van der Waals surface area contributed by atoms with Gasteiger partial charge in [0, 0.05) is 37.8 Å². The maximum atomic E-state index is 14.1. The lowest BCUT2D eigenvalue weighted by atomic mass is 10.1. The highest BCUT2D eigenvalue weighted by Gasteiger charge is 2.28. The fraction of sp³-hybridized carbons (Fsp3) is 0.318. The maximum absolute atomic E-state index is 14.1. The van der Waals surface area contributed by atoms with E-state index in [1.54, 1.807) is 13.1 Å². The van der Waals surface area contributed by atoms with Gasteiger partial charge in [0.15, 0.2) is 9.84 Å². The quantitative estimate of drug-likeness (QED) is 0.655. The Morgan fingerprint density at radius 1 is 1.03 bits per heavy atom. The van der Waals surface area contributed by atoms with Crippen LogP contribution < -0.4 is 4.90 Å². The Labute approximate surface area is 170 Å². The number of para-hydroxylation sites is 1. The van der Waals surface area contributed by atoms with Gasteiger partial charge in [-0.25, -0.2) is 12.8 Å². The lowest BCUT2D eigenvalue weighted by Crippen LogP contribution is -2.44. The number of sulfone groups is 1. The summed E-state index contributed by atoms with van der Waals surface area (Å²) >= 11 is 0. The van der Waals surface area contributed by atoms with Crippen molar-refractivity contribution in [3.8, 4) is 0 Å². The summed E-state index contributed by atoms with van der Waals surface area (Å²) in [6, 6.07) is 13.3. The van der Waals surface area contributed by atoms with Crippen molar-refractivity contribution in [3.63, 3.8) is 0 Å². The van der Waals surface area contributed by atoms with Gasteiger partial charge in [0.25, 0.3) is 0 Å². The van der Waals surface area contributed by atoms with Gasteiger partial charge in [0.05, 0.1) is 16.5 Å². The molecule has 1 aliphatic heterocycles. The number of likely N-dealkylation sites (N-methyl/N-ethyl adjacent to an activating group) is 1. The molecular formula is C22H24FN3O2S. The summed E-state index contributed by atoms with van der Waals surface area (Å²) in [4.78, 5) is 8.94. The van der Waals surface area contributed by atoms with Crippen LogP contribution in [-0.4, -0.2) is 51.5 Å². The van der Waals surface area contributed by atoms with Crippen molar-refractivity contribution in [1.29, 1.82) is 0 Å². The van der Waals surface area contributed by atoms with E-state index in [0.717, 1.165) is 42.8 Å². The molecule has 2 heterocycles. The van der Waals surface area contributed by atoms with E-state index in [0.29, 0.717) is 5.56 Å². The molecule has 29 heavy (non-hydrogen) atoms. The van der Waals surface area contributed by atoms with Crippen LogP contribution in [0.4, 0.5) is 10.1 Å². The minimum atomic E-state index is -3.86. The van der Waals surface area contributed by atoms with Gasteiger partial charge < -0.3 is 9.80 Å². The number of piperazine rings is 1. The van der Waals surface area contributed by atoms with Crippen molar-refractivity contribution >= 4 is 26.4 Å². The van der Waals surface area contributed by atoms with Crippen LogP contribution in [0.3, 0.4) is 0 Å². The monoisotopic (exact) mass is 412 g/mol. The van der Waals surface area contributed by atoms with E-state index in [1.165, 1.54) is 24.3 Å². The van der Waals surface area contributed by atoms with Crippen LogP contribution in [0.5, 0.6) is 0 Å². The Bertz CT molecular complexity index is 1140. The molecule has 1 unspecified atom stereocenters. The molecule has 1 fully saturated rings. The molecule has 0 aliphatic carbocycles. The molecule has 0 saturated carbocycles. The first-order valence-electron chi connectivity index (χ1n) is 9.68. The Morgan fingerprint density at radius 3 is 2.48 bits per heavy atom. The molecule has 5 nitrogen and oxygen atoms in total. The van der Waals surface area contributed by atoms with E-state index in [4.69, 9.17) is 0 Å².